The third-order valence-corrected chi connectivity index (χ3v) is 4.77. The molecule has 1 aromatic carbocycles. The SMILES string of the molecule is Cc1nsc(NC(=O)N2CCN(Cc3ccc(Cl)cc3F)CC2)n1. The summed E-state index contributed by atoms with van der Waals surface area (Å²) in [5.41, 5.74) is 0.613. The Balaban J connectivity index is 1.51. The number of aromatic nitrogens is 2. The fraction of sp³-hybridized carbons (Fsp3) is 0.400. The van der Waals surface area contributed by atoms with Gasteiger partial charge in [0, 0.05) is 54.8 Å². The lowest BCUT2D eigenvalue weighted by Gasteiger charge is -2.34. The smallest absolute Gasteiger partial charge is 0.322 e. The summed E-state index contributed by atoms with van der Waals surface area (Å²) in [7, 11) is 0. The molecule has 1 aromatic heterocycles. The van der Waals surface area contributed by atoms with Crippen LogP contribution in [0.1, 0.15) is 11.4 Å². The molecule has 0 aliphatic carbocycles. The first-order valence-corrected chi connectivity index (χ1v) is 8.69. The first-order chi connectivity index (χ1) is 11.5. The van der Waals surface area contributed by atoms with E-state index in [-0.39, 0.29) is 11.8 Å². The average molecular weight is 370 g/mol. The lowest BCUT2D eigenvalue weighted by atomic mass is 10.2. The van der Waals surface area contributed by atoms with E-state index in [1.54, 1.807) is 24.0 Å². The fourth-order valence-corrected chi connectivity index (χ4v) is 3.24. The second-order valence-electron chi connectivity index (χ2n) is 5.58. The zero-order valence-corrected chi connectivity index (χ0v) is 14.7. The molecule has 3 rings (SSSR count). The Morgan fingerprint density at radius 3 is 2.75 bits per heavy atom. The van der Waals surface area contributed by atoms with Crippen molar-refractivity contribution in [1.29, 1.82) is 0 Å². The number of carbonyl (C=O) groups excluding carboxylic acids is 1. The van der Waals surface area contributed by atoms with Crippen molar-refractivity contribution < 1.29 is 9.18 Å². The van der Waals surface area contributed by atoms with Gasteiger partial charge in [-0.2, -0.15) is 4.37 Å². The highest BCUT2D eigenvalue weighted by molar-refractivity contribution is 7.09. The van der Waals surface area contributed by atoms with Crippen molar-refractivity contribution >= 4 is 34.3 Å². The van der Waals surface area contributed by atoms with E-state index in [0.29, 0.717) is 54.3 Å². The summed E-state index contributed by atoms with van der Waals surface area (Å²) in [6.07, 6.45) is 0. The Kier molecular flexibility index (Phi) is 5.27. The van der Waals surface area contributed by atoms with E-state index < -0.39 is 0 Å². The number of anilines is 1. The van der Waals surface area contributed by atoms with Gasteiger partial charge in [0.25, 0.3) is 0 Å². The summed E-state index contributed by atoms with van der Waals surface area (Å²) in [4.78, 5) is 20.2. The van der Waals surface area contributed by atoms with Crippen LogP contribution in [-0.4, -0.2) is 51.4 Å². The lowest BCUT2D eigenvalue weighted by molar-refractivity contribution is 0.142. The summed E-state index contributed by atoms with van der Waals surface area (Å²) in [5, 5.41) is 3.65. The molecule has 0 saturated carbocycles. The number of hydrogen-bond acceptors (Lipinski definition) is 5. The van der Waals surface area contributed by atoms with E-state index in [1.165, 1.54) is 6.07 Å². The van der Waals surface area contributed by atoms with Crippen molar-refractivity contribution in [3.05, 3.63) is 40.4 Å². The molecule has 1 aliphatic rings. The minimum absolute atomic E-state index is 0.177. The van der Waals surface area contributed by atoms with Crippen LogP contribution >= 0.6 is 23.1 Å². The molecule has 0 radical (unpaired) electrons. The molecule has 128 valence electrons. The molecule has 0 bridgehead atoms. The highest BCUT2D eigenvalue weighted by Gasteiger charge is 2.22. The molecule has 6 nitrogen and oxygen atoms in total. The van der Waals surface area contributed by atoms with Gasteiger partial charge in [-0.25, -0.2) is 14.2 Å². The first-order valence-electron chi connectivity index (χ1n) is 7.54. The van der Waals surface area contributed by atoms with Crippen LogP contribution in [0.2, 0.25) is 5.02 Å². The topological polar surface area (TPSA) is 61.4 Å². The number of piperazine rings is 1. The predicted molar refractivity (Wildman–Crippen MR) is 91.9 cm³/mol. The van der Waals surface area contributed by atoms with Gasteiger partial charge in [-0.3, -0.25) is 10.2 Å². The number of rotatable bonds is 3. The number of halogens is 2. The van der Waals surface area contributed by atoms with Crippen LogP contribution in [0.15, 0.2) is 18.2 Å². The van der Waals surface area contributed by atoms with Gasteiger partial charge in [-0.1, -0.05) is 17.7 Å². The van der Waals surface area contributed by atoms with Gasteiger partial charge in [0.2, 0.25) is 5.13 Å². The number of benzene rings is 1. The molecule has 0 spiro atoms. The highest BCUT2D eigenvalue weighted by Crippen LogP contribution is 2.17. The number of urea groups is 1. The Bertz CT molecular complexity index is 732. The lowest BCUT2D eigenvalue weighted by Crippen LogP contribution is -2.49. The third kappa shape index (κ3) is 4.19. The normalized spacial score (nSPS) is 15.5. The highest BCUT2D eigenvalue weighted by atomic mass is 35.5. The molecule has 0 unspecified atom stereocenters. The number of carbonyl (C=O) groups is 1. The van der Waals surface area contributed by atoms with Gasteiger partial charge in [0.15, 0.2) is 0 Å². The molecule has 1 saturated heterocycles. The number of amides is 2. The van der Waals surface area contributed by atoms with Gasteiger partial charge in [-0.15, -0.1) is 0 Å². The fourth-order valence-electron chi connectivity index (χ4n) is 2.52. The molecule has 1 fully saturated rings. The molecular formula is C15H17ClFN5OS. The predicted octanol–water partition coefficient (Wildman–Crippen LogP) is 2.99. The Hall–Kier alpha value is -1.77. The number of hydrogen-bond donors (Lipinski definition) is 1. The van der Waals surface area contributed by atoms with Crippen molar-refractivity contribution in [1.82, 2.24) is 19.2 Å². The van der Waals surface area contributed by atoms with Crippen molar-refractivity contribution in [2.45, 2.75) is 13.5 Å². The van der Waals surface area contributed by atoms with E-state index in [4.69, 9.17) is 11.6 Å². The molecule has 1 aliphatic heterocycles. The largest absolute Gasteiger partial charge is 0.323 e. The summed E-state index contributed by atoms with van der Waals surface area (Å²) < 4.78 is 17.9. The molecule has 2 amide bonds. The van der Waals surface area contributed by atoms with Crippen LogP contribution in [0.5, 0.6) is 0 Å². The van der Waals surface area contributed by atoms with E-state index >= 15 is 0 Å². The molecule has 2 aromatic rings. The number of aryl methyl sites for hydroxylation is 1. The van der Waals surface area contributed by atoms with Crippen LogP contribution in [-0.2, 0) is 6.54 Å². The zero-order valence-electron chi connectivity index (χ0n) is 13.1. The third-order valence-electron chi connectivity index (χ3n) is 3.81. The van der Waals surface area contributed by atoms with Crippen molar-refractivity contribution in [2.75, 3.05) is 31.5 Å². The van der Waals surface area contributed by atoms with Crippen LogP contribution in [0.25, 0.3) is 0 Å². The molecule has 9 heteroatoms. The van der Waals surface area contributed by atoms with Gasteiger partial charge in [0.05, 0.1) is 0 Å². The standard InChI is InChI=1S/C15H17ClFN5OS/c1-10-18-14(24-20-10)19-15(23)22-6-4-21(5-7-22)9-11-2-3-12(16)8-13(11)17/h2-3,8H,4-7,9H2,1H3,(H,18,19,20,23). The van der Waals surface area contributed by atoms with Crippen LogP contribution in [0.3, 0.4) is 0 Å². The van der Waals surface area contributed by atoms with Gasteiger partial charge in [0.1, 0.15) is 11.6 Å². The average Bonchev–Trinajstić information content (AvgIpc) is 2.96. The van der Waals surface area contributed by atoms with Crippen LogP contribution in [0, 0.1) is 12.7 Å². The maximum Gasteiger partial charge on any atom is 0.323 e. The van der Waals surface area contributed by atoms with Crippen molar-refractivity contribution in [3.63, 3.8) is 0 Å². The minimum Gasteiger partial charge on any atom is -0.322 e. The minimum atomic E-state index is -0.297. The molecule has 2 heterocycles. The number of nitrogens with one attached hydrogen (secondary N) is 1. The summed E-state index contributed by atoms with van der Waals surface area (Å²) >= 11 is 6.93. The summed E-state index contributed by atoms with van der Waals surface area (Å²) in [5.74, 6) is 0.347. The first kappa shape index (κ1) is 17.1. The molecule has 0 atom stereocenters. The second-order valence-corrected chi connectivity index (χ2v) is 6.76. The van der Waals surface area contributed by atoms with Gasteiger partial charge >= 0.3 is 6.03 Å². The van der Waals surface area contributed by atoms with Crippen molar-refractivity contribution in [3.8, 4) is 0 Å². The molecule has 1 N–H and O–H groups in total. The zero-order chi connectivity index (χ0) is 17.1. The summed E-state index contributed by atoms with van der Waals surface area (Å²) in [6, 6.07) is 4.54. The Morgan fingerprint density at radius 2 is 2.12 bits per heavy atom. The van der Waals surface area contributed by atoms with Gasteiger partial charge in [-0.05, 0) is 19.1 Å². The Labute approximate surface area is 148 Å². The summed E-state index contributed by atoms with van der Waals surface area (Å²) in [6.45, 7) is 4.82. The van der Waals surface area contributed by atoms with Crippen LogP contribution in [0.4, 0.5) is 14.3 Å². The van der Waals surface area contributed by atoms with Crippen molar-refractivity contribution in [2.24, 2.45) is 0 Å². The van der Waals surface area contributed by atoms with E-state index in [0.717, 1.165) is 11.5 Å². The van der Waals surface area contributed by atoms with E-state index in [2.05, 4.69) is 19.6 Å². The molecule has 24 heavy (non-hydrogen) atoms. The van der Waals surface area contributed by atoms with E-state index in [1.807, 2.05) is 0 Å². The Morgan fingerprint density at radius 1 is 1.38 bits per heavy atom. The quantitative estimate of drug-likeness (QED) is 0.903. The maximum atomic E-state index is 13.9. The second kappa shape index (κ2) is 7.42. The maximum absolute atomic E-state index is 13.9. The molecular weight excluding hydrogens is 353 g/mol. The van der Waals surface area contributed by atoms with Crippen LogP contribution < -0.4 is 5.32 Å². The number of nitrogens with zero attached hydrogens (tertiary/aromatic N) is 4. The van der Waals surface area contributed by atoms with Gasteiger partial charge < -0.3 is 4.90 Å². The van der Waals surface area contributed by atoms with E-state index in [9.17, 15) is 9.18 Å². The monoisotopic (exact) mass is 369 g/mol.